The van der Waals surface area contributed by atoms with Crippen LogP contribution in [0.4, 0.5) is 0 Å². The van der Waals surface area contributed by atoms with E-state index < -0.39 is 0 Å². The molecule has 0 heterocycles. The molecular formula is C14H21BrO3. The van der Waals surface area contributed by atoms with Crippen LogP contribution in [-0.2, 0) is 0 Å². The molecule has 0 spiro atoms. The Hall–Kier alpha value is -0.740. The van der Waals surface area contributed by atoms with Gasteiger partial charge in [-0.15, -0.1) is 0 Å². The first-order valence-electron chi connectivity index (χ1n) is 6.02. The maximum Gasteiger partial charge on any atom is 0.140 e. The second-order valence-electron chi connectivity index (χ2n) is 4.67. The normalized spacial score (nSPS) is 12.7. The van der Waals surface area contributed by atoms with Gasteiger partial charge in [0.05, 0.1) is 14.2 Å². The molecule has 102 valence electrons. The van der Waals surface area contributed by atoms with E-state index in [1.807, 2.05) is 6.92 Å². The van der Waals surface area contributed by atoms with Crippen LogP contribution >= 0.6 is 15.9 Å². The highest BCUT2D eigenvalue weighted by Crippen LogP contribution is 2.44. The van der Waals surface area contributed by atoms with Crippen molar-refractivity contribution in [3.8, 4) is 11.5 Å². The second-order valence-corrected chi connectivity index (χ2v) is 5.47. The van der Waals surface area contributed by atoms with Crippen molar-refractivity contribution in [1.29, 1.82) is 0 Å². The zero-order valence-corrected chi connectivity index (χ0v) is 13.2. The molecule has 0 aliphatic carbocycles. The van der Waals surface area contributed by atoms with Crippen molar-refractivity contribution in [3.05, 3.63) is 21.7 Å². The van der Waals surface area contributed by atoms with Crippen LogP contribution in [0.2, 0.25) is 0 Å². The van der Waals surface area contributed by atoms with Crippen molar-refractivity contribution >= 4 is 15.9 Å². The number of hydrogen-bond donors (Lipinski definition) is 1. The van der Waals surface area contributed by atoms with Crippen molar-refractivity contribution in [2.24, 2.45) is 0 Å². The van der Waals surface area contributed by atoms with E-state index in [0.29, 0.717) is 5.92 Å². The van der Waals surface area contributed by atoms with Crippen molar-refractivity contribution in [2.45, 2.75) is 32.6 Å². The number of halogens is 1. The van der Waals surface area contributed by atoms with Gasteiger partial charge < -0.3 is 14.6 Å². The van der Waals surface area contributed by atoms with Crippen LogP contribution in [0, 0.1) is 0 Å². The zero-order chi connectivity index (χ0) is 13.9. The van der Waals surface area contributed by atoms with E-state index in [1.54, 1.807) is 14.2 Å². The van der Waals surface area contributed by atoms with Gasteiger partial charge >= 0.3 is 0 Å². The van der Waals surface area contributed by atoms with E-state index in [9.17, 15) is 5.11 Å². The lowest BCUT2D eigenvalue weighted by Gasteiger charge is -2.21. The van der Waals surface area contributed by atoms with Gasteiger partial charge in [0, 0.05) is 18.1 Å². The van der Waals surface area contributed by atoms with Gasteiger partial charge in [-0.3, -0.25) is 0 Å². The summed E-state index contributed by atoms with van der Waals surface area (Å²) < 4.78 is 11.7. The molecule has 0 saturated carbocycles. The molecule has 0 bridgehead atoms. The number of benzene rings is 1. The number of rotatable bonds is 5. The van der Waals surface area contributed by atoms with Gasteiger partial charge in [0.15, 0.2) is 0 Å². The quantitative estimate of drug-likeness (QED) is 0.900. The molecule has 0 aliphatic heterocycles. The molecule has 1 rings (SSSR count). The molecule has 0 radical (unpaired) electrons. The first-order chi connectivity index (χ1) is 8.47. The average Bonchev–Trinajstić information content (AvgIpc) is 2.36. The highest BCUT2D eigenvalue weighted by molar-refractivity contribution is 9.10. The van der Waals surface area contributed by atoms with Crippen molar-refractivity contribution < 1.29 is 14.6 Å². The van der Waals surface area contributed by atoms with Gasteiger partial charge in [-0.2, -0.15) is 0 Å². The molecule has 0 amide bonds. The molecule has 1 atom stereocenters. The number of methoxy groups -OCH3 is 2. The van der Waals surface area contributed by atoms with Gasteiger partial charge in [0.2, 0.25) is 0 Å². The molecule has 1 aromatic carbocycles. The van der Waals surface area contributed by atoms with Crippen LogP contribution in [0.15, 0.2) is 10.5 Å². The summed E-state index contributed by atoms with van der Waals surface area (Å²) in [4.78, 5) is 0. The predicted molar refractivity (Wildman–Crippen MR) is 76.8 cm³/mol. The molecule has 3 nitrogen and oxygen atoms in total. The van der Waals surface area contributed by atoms with E-state index in [-0.39, 0.29) is 12.5 Å². The minimum atomic E-state index is 0.0275. The lowest BCUT2D eigenvalue weighted by atomic mass is 9.93. The van der Waals surface area contributed by atoms with Gasteiger partial charge in [-0.05, 0) is 33.5 Å². The fourth-order valence-electron chi connectivity index (χ4n) is 1.96. The average molecular weight is 317 g/mol. The number of ether oxygens (including phenoxy) is 2. The lowest BCUT2D eigenvalue weighted by Crippen LogP contribution is -2.06. The minimum Gasteiger partial charge on any atom is -0.495 e. The summed E-state index contributed by atoms with van der Waals surface area (Å²) in [6.45, 7) is 6.29. The summed E-state index contributed by atoms with van der Waals surface area (Å²) in [5.74, 6) is 1.90. The fourth-order valence-corrected chi connectivity index (χ4v) is 2.74. The molecule has 0 fully saturated rings. The third-order valence-electron chi connectivity index (χ3n) is 3.07. The fraction of sp³-hybridized carbons (Fsp3) is 0.571. The van der Waals surface area contributed by atoms with E-state index in [4.69, 9.17) is 9.47 Å². The van der Waals surface area contributed by atoms with Crippen LogP contribution in [0.3, 0.4) is 0 Å². The Morgan fingerprint density at radius 3 is 2.00 bits per heavy atom. The van der Waals surface area contributed by atoms with Crippen LogP contribution in [0.5, 0.6) is 11.5 Å². The highest BCUT2D eigenvalue weighted by Gasteiger charge is 2.22. The Balaban J connectivity index is 3.52. The Morgan fingerprint density at radius 2 is 1.61 bits per heavy atom. The van der Waals surface area contributed by atoms with E-state index in [1.165, 1.54) is 0 Å². The maximum absolute atomic E-state index is 9.35. The molecule has 4 heteroatoms. The number of aliphatic hydroxyl groups is 1. The van der Waals surface area contributed by atoms with Gasteiger partial charge in [0.25, 0.3) is 0 Å². The Bertz CT molecular complexity index is 416. The molecule has 0 saturated heterocycles. The molecular weight excluding hydrogens is 296 g/mol. The van der Waals surface area contributed by atoms with Crippen molar-refractivity contribution in [3.63, 3.8) is 0 Å². The molecule has 18 heavy (non-hydrogen) atoms. The van der Waals surface area contributed by atoms with Crippen LogP contribution in [0.25, 0.3) is 0 Å². The first kappa shape index (κ1) is 15.3. The number of hydrogen-bond acceptors (Lipinski definition) is 3. The second kappa shape index (κ2) is 6.43. The summed E-state index contributed by atoms with van der Waals surface area (Å²) in [5, 5.41) is 9.35. The smallest absolute Gasteiger partial charge is 0.140 e. The number of aliphatic hydroxyl groups excluding tert-OH is 1. The third kappa shape index (κ3) is 2.81. The summed E-state index contributed by atoms with van der Waals surface area (Å²) in [6.07, 6.45) is 0. The summed E-state index contributed by atoms with van der Waals surface area (Å²) in [5.41, 5.74) is 2.11. The topological polar surface area (TPSA) is 38.7 Å². The SMILES string of the molecule is COc1c(C(C)C)cc(C(C)CO)c(OC)c1Br. The molecule has 0 aromatic heterocycles. The predicted octanol–water partition coefficient (Wildman–Crippen LogP) is 3.69. The monoisotopic (exact) mass is 316 g/mol. The van der Waals surface area contributed by atoms with Crippen LogP contribution < -0.4 is 9.47 Å². The van der Waals surface area contributed by atoms with Crippen LogP contribution in [-0.4, -0.2) is 25.9 Å². The summed E-state index contributed by atoms with van der Waals surface area (Å²) >= 11 is 3.54. The third-order valence-corrected chi connectivity index (χ3v) is 3.79. The Morgan fingerprint density at radius 1 is 1.11 bits per heavy atom. The van der Waals surface area contributed by atoms with E-state index >= 15 is 0 Å². The summed E-state index contributed by atoms with van der Waals surface area (Å²) in [6, 6.07) is 2.06. The largest absolute Gasteiger partial charge is 0.495 e. The molecule has 1 aromatic rings. The van der Waals surface area contributed by atoms with E-state index in [2.05, 4.69) is 35.8 Å². The molecule has 0 aliphatic rings. The zero-order valence-electron chi connectivity index (χ0n) is 11.6. The maximum atomic E-state index is 9.35. The molecule has 1 unspecified atom stereocenters. The van der Waals surface area contributed by atoms with Crippen molar-refractivity contribution in [2.75, 3.05) is 20.8 Å². The minimum absolute atomic E-state index is 0.0275. The Kier molecular flexibility index (Phi) is 5.47. The van der Waals surface area contributed by atoms with E-state index in [0.717, 1.165) is 27.1 Å². The Labute approximate surface area is 117 Å². The highest BCUT2D eigenvalue weighted by atomic mass is 79.9. The van der Waals surface area contributed by atoms with Crippen molar-refractivity contribution in [1.82, 2.24) is 0 Å². The van der Waals surface area contributed by atoms with Gasteiger partial charge in [-0.25, -0.2) is 0 Å². The first-order valence-corrected chi connectivity index (χ1v) is 6.82. The van der Waals surface area contributed by atoms with Crippen LogP contribution in [0.1, 0.15) is 43.7 Å². The lowest BCUT2D eigenvalue weighted by molar-refractivity contribution is 0.269. The molecule has 1 N–H and O–H groups in total. The van der Waals surface area contributed by atoms with Gasteiger partial charge in [0.1, 0.15) is 16.0 Å². The van der Waals surface area contributed by atoms with Gasteiger partial charge in [-0.1, -0.05) is 20.8 Å². The summed E-state index contributed by atoms with van der Waals surface area (Å²) in [7, 11) is 3.28. The standard InChI is InChI=1S/C14H21BrO3/c1-8(2)10-6-11(9(3)7-16)14(18-5)12(15)13(10)17-4/h6,8-9,16H,7H2,1-5H3.